The van der Waals surface area contributed by atoms with E-state index in [4.69, 9.17) is 11.8 Å². The van der Waals surface area contributed by atoms with Crippen molar-refractivity contribution in [2.75, 3.05) is 6.54 Å². The molecule has 1 aliphatic heterocycles. The van der Waals surface area contributed by atoms with Crippen LogP contribution in [0.4, 0.5) is 0 Å². The third kappa shape index (κ3) is 1.10. The molecule has 0 amide bonds. The maximum Gasteiger partial charge on any atom is 0.137 e. The predicted molar refractivity (Wildman–Crippen MR) is 29.8 cm³/mol. The summed E-state index contributed by atoms with van der Waals surface area (Å²) in [4.78, 5) is 0. The molecule has 0 aromatic heterocycles. The van der Waals surface area contributed by atoms with Crippen LogP contribution in [-0.4, -0.2) is 14.9 Å². The van der Waals surface area contributed by atoms with E-state index in [0.29, 0.717) is 6.54 Å². The Morgan fingerprint density at radius 1 is 1.86 bits per heavy atom. The number of hydrogen-bond acceptors (Lipinski definition) is 2. The van der Waals surface area contributed by atoms with Gasteiger partial charge >= 0.3 is 0 Å². The second kappa shape index (κ2) is 2.05. The maximum atomic E-state index is 10.4. The summed E-state index contributed by atoms with van der Waals surface area (Å²) in [5.74, 6) is 0. The molecule has 0 bridgehead atoms. The Bertz CT molecular complexity index is 96.9. The Morgan fingerprint density at radius 3 is 2.71 bits per heavy atom. The average Bonchev–Trinajstić information content (AvgIpc) is 1.91. The summed E-state index contributed by atoms with van der Waals surface area (Å²) < 4.78 is 11.6. The molecule has 0 N–H and O–H groups in total. The molecule has 0 aromatic carbocycles. The summed E-state index contributed by atoms with van der Waals surface area (Å²) >= 11 is 4.28. The highest BCUT2D eigenvalue weighted by Crippen LogP contribution is 2.12. The lowest BCUT2D eigenvalue weighted by Crippen LogP contribution is -2.12. The molecule has 7 heavy (non-hydrogen) atoms. The molecule has 0 aliphatic carbocycles. The van der Waals surface area contributed by atoms with Crippen molar-refractivity contribution in [3.63, 3.8) is 0 Å². The van der Waals surface area contributed by atoms with Crippen LogP contribution in [0, 0.1) is 0 Å². The highest BCUT2D eigenvalue weighted by atomic mass is 35.5. The van der Waals surface area contributed by atoms with Crippen molar-refractivity contribution in [3.8, 4) is 0 Å². The minimum atomic E-state index is -1.05. The van der Waals surface area contributed by atoms with Crippen molar-refractivity contribution >= 4 is 23.1 Å². The first kappa shape index (κ1) is 5.44. The third-order valence-electron chi connectivity index (χ3n) is 0.657. The van der Waals surface area contributed by atoms with Crippen LogP contribution >= 0.6 is 11.8 Å². The van der Waals surface area contributed by atoms with Crippen molar-refractivity contribution in [2.45, 2.75) is 0 Å². The second-order valence-electron chi connectivity index (χ2n) is 1.15. The molecule has 4 heteroatoms. The lowest BCUT2D eigenvalue weighted by Gasteiger charge is -2.03. The molecule has 1 atom stereocenters. The Kier molecular flexibility index (Phi) is 1.59. The van der Waals surface area contributed by atoms with Crippen molar-refractivity contribution in [1.29, 1.82) is 0 Å². The van der Waals surface area contributed by atoms with Crippen LogP contribution in [0.1, 0.15) is 0 Å². The zero-order valence-corrected chi connectivity index (χ0v) is 5.08. The van der Waals surface area contributed by atoms with Crippen LogP contribution < -0.4 is 0 Å². The molecule has 0 aromatic rings. The Labute approximate surface area is 50.2 Å². The van der Waals surface area contributed by atoms with E-state index < -0.39 is 11.4 Å². The molecule has 0 spiro atoms. The topological polar surface area (TPSA) is 26.3 Å². The van der Waals surface area contributed by atoms with Gasteiger partial charge in [-0.05, 0) is 9.90 Å². The summed E-state index contributed by atoms with van der Waals surface area (Å²) in [7, 11) is 0. The molecule has 0 saturated heterocycles. The van der Waals surface area contributed by atoms with Crippen molar-refractivity contribution in [2.24, 2.45) is 0 Å². The SMILES string of the molecule is [O-][S+]1C=CCN1Cl. The summed E-state index contributed by atoms with van der Waals surface area (Å²) in [5, 5.41) is 1.56. The quantitative estimate of drug-likeness (QED) is 0.362. The standard InChI is InChI=1S/C3H4ClNOS/c4-5-2-1-3-7(5)6/h1,3H,2H2. The van der Waals surface area contributed by atoms with Gasteiger partial charge in [-0.25, -0.2) is 0 Å². The minimum Gasteiger partial charge on any atom is -0.592 e. The summed E-state index contributed by atoms with van der Waals surface area (Å²) in [5.41, 5.74) is 0. The fourth-order valence-corrected chi connectivity index (χ4v) is 1.18. The van der Waals surface area contributed by atoms with E-state index in [9.17, 15) is 4.55 Å². The van der Waals surface area contributed by atoms with E-state index in [1.54, 1.807) is 11.5 Å². The maximum absolute atomic E-state index is 10.4. The molecule has 1 unspecified atom stereocenters. The van der Waals surface area contributed by atoms with Gasteiger partial charge in [-0.15, -0.1) is 0 Å². The smallest absolute Gasteiger partial charge is 0.137 e. The van der Waals surface area contributed by atoms with Gasteiger partial charge in [-0.3, -0.25) is 0 Å². The molecular formula is C3H4ClNOS. The fourth-order valence-electron chi connectivity index (χ4n) is 0.348. The van der Waals surface area contributed by atoms with E-state index in [0.717, 1.165) is 0 Å². The zero-order valence-electron chi connectivity index (χ0n) is 3.50. The highest BCUT2D eigenvalue weighted by molar-refractivity contribution is 7.93. The van der Waals surface area contributed by atoms with E-state index in [1.807, 2.05) is 0 Å². The lowest BCUT2D eigenvalue weighted by atomic mass is 10.7. The van der Waals surface area contributed by atoms with Gasteiger partial charge in [0.1, 0.15) is 5.41 Å². The molecule has 2 nitrogen and oxygen atoms in total. The number of rotatable bonds is 0. The lowest BCUT2D eigenvalue weighted by molar-refractivity contribution is 0.567. The van der Waals surface area contributed by atoms with Gasteiger partial charge in [-0.1, -0.05) is 0 Å². The van der Waals surface area contributed by atoms with Gasteiger partial charge in [0.2, 0.25) is 0 Å². The number of hydrogen-bond donors (Lipinski definition) is 0. The van der Waals surface area contributed by atoms with Crippen LogP contribution in [0.3, 0.4) is 0 Å². The first-order chi connectivity index (χ1) is 3.30. The predicted octanol–water partition coefficient (Wildman–Crippen LogP) is 0.633. The molecule has 1 heterocycles. The molecular weight excluding hydrogens is 134 g/mol. The Balaban J connectivity index is 2.45. The third-order valence-corrected chi connectivity index (χ3v) is 2.17. The van der Waals surface area contributed by atoms with Crippen LogP contribution in [0.15, 0.2) is 11.5 Å². The molecule has 40 valence electrons. The van der Waals surface area contributed by atoms with Crippen LogP contribution in [0.25, 0.3) is 0 Å². The number of nitrogens with zero attached hydrogens (tertiary/aromatic N) is 1. The van der Waals surface area contributed by atoms with Gasteiger partial charge in [-0.2, -0.15) is 0 Å². The second-order valence-corrected chi connectivity index (χ2v) is 3.02. The zero-order chi connectivity index (χ0) is 5.28. The Morgan fingerprint density at radius 2 is 2.57 bits per heavy atom. The van der Waals surface area contributed by atoms with Crippen molar-refractivity contribution in [1.82, 2.24) is 3.82 Å². The summed E-state index contributed by atoms with van der Waals surface area (Å²) in [6, 6.07) is 0. The van der Waals surface area contributed by atoms with E-state index in [1.165, 1.54) is 3.82 Å². The first-order valence-corrected chi connectivity index (χ1v) is 3.32. The van der Waals surface area contributed by atoms with E-state index in [-0.39, 0.29) is 0 Å². The molecule has 0 saturated carbocycles. The summed E-state index contributed by atoms with van der Waals surface area (Å²) in [6.07, 6.45) is 1.77. The van der Waals surface area contributed by atoms with Crippen LogP contribution in [0.2, 0.25) is 0 Å². The van der Waals surface area contributed by atoms with Gasteiger partial charge in [0.25, 0.3) is 0 Å². The first-order valence-electron chi connectivity index (χ1n) is 1.81. The molecule has 1 rings (SSSR count). The molecule has 0 radical (unpaired) electrons. The monoisotopic (exact) mass is 137 g/mol. The number of halogens is 1. The Hall–Kier alpha value is 0.300. The average molecular weight is 138 g/mol. The molecule has 0 fully saturated rings. The fraction of sp³-hybridized carbons (Fsp3) is 0.333. The van der Waals surface area contributed by atoms with Gasteiger partial charge < -0.3 is 4.55 Å². The minimum absolute atomic E-state index is 0.591. The largest absolute Gasteiger partial charge is 0.592 e. The van der Waals surface area contributed by atoms with Crippen molar-refractivity contribution in [3.05, 3.63) is 11.5 Å². The van der Waals surface area contributed by atoms with Gasteiger partial charge in [0, 0.05) is 11.8 Å². The van der Waals surface area contributed by atoms with Gasteiger partial charge in [0.15, 0.2) is 0 Å². The molecule has 1 aliphatic rings. The van der Waals surface area contributed by atoms with Crippen molar-refractivity contribution < 1.29 is 4.55 Å². The van der Waals surface area contributed by atoms with E-state index >= 15 is 0 Å². The van der Waals surface area contributed by atoms with E-state index in [2.05, 4.69) is 0 Å². The van der Waals surface area contributed by atoms with Gasteiger partial charge in [0.05, 0.1) is 17.9 Å². The summed E-state index contributed by atoms with van der Waals surface area (Å²) in [6.45, 7) is 0.591. The van der Waals surface area contributed by atoms with Crippen LogP contribution in [-0.2, 0) is 11.4 Å². The highest BCUT2D eigenvalue weighted by Gasteiger charge is 2.17. The normalized spacial score (nSPS) is 32.0. The van der Waals surface area contributed by atoms with Crippen LogP contribution in [0.5, 0.6) is 0 Å².